The highest BCUT2D eigenvalue weighted by molar-refractivity contribution is 9.09. The Balaban J connectivity index is 2.17. The lowest BCUT2D eigenvalue weighted by molar-refractivity contribution is 0.0206. The molecule has 0 radical (unpaired) electrons. The van der Waals surface area contributed by atoms with Gasteiger partial charge < -0.3 is 9.16 Å². The van der Waals surface area contributed by atoms with E-state index in [4.69, 9.17) is 9.16 Å². The lowest BCUT2D eigenvalue weighted by atomic mass is 9.93. The maximum atomic E-state index is 5.97. The van der Waals surface area contributed by atoms with Crippen LogP contribution in [0.15, 0.2) is 24.3 Å². The van der Waals surface area contributed by atoms with E-state index in [0.29, 0.717) is 4.83 Å². The van der Waals surface area contributed by atoms with Gasteiger partial charge in [-0.3, -0.25) is 0 Å². The second kappa shape index (κ2) is 4.98. The van der Waals surface area contributed by atoms with E-state index in [2.05, 4.69) is 66.8 Å². The van der Waals surface area contributed by atoms with Gasteiger partial charge in [0.2, 0.25) is 8.32 Å². The van der Waals surface area contributed by atoms with Gasteiger partial charge in [-0.15, -0.1) is 0 Å². The molecule has 1 aliphatic heterocycles. The molecule has 2 atom stereocenters. The molecule has 0 spiro atoms. The fourth-order valence-electron chi connectivity index (χ4n) is 2.21. The fourth-order valence-corrected chi connectivity index (χ4v) is 3.64. The van der Waals surface area contributed by atoms with Gasteiger partial charge in [0.25, 0.3) is 0 Å². The molecule has 2 rings (SSSR count). The summed E-state index contributed by atoms with van der Waals surface area (Å²) in [4.78, 5) is 0.383. The van der Waals surface area contributed by atoms with Crippen molar-refractivity contribution in [2.75, 3.05) is 6.61 Å². The van der Waals surface area contributed by atoms with Crippen LogP contribution in [0.3, 0.4) is 0 Å². The number of hydrogen-bond donors (Lipinski definition) is 0. The number of benzene rings is 1. The molecule has 0 saturated carbocycles. The van der Waals surface area contributed by atoms with E-state index < -0.39 is 8.32 Å². The van der Waals surface area contributed by atoms with Gasteiger partial charge in [-0.2, -0.15) is 0 Å². The molecule has 0 aliphatic carbocycles. The zero-order valence-corrected chi connectivity index (χ0v) is 14.1. The first-order chi connectivity index (χ1) is 8.31. The van der Waals surface area contributed by atoms with E-state index in [1.807, 2.05) is 0 Å². The Morgan fingerprint density at radius 3 is 2.33 bits per heavy atom. The Morgan fingerprint density at radius 2 is 1.89 bits per heavy atom. The predicted molar refractivity (Wildman–Crippen MR) is 81.1 cm³/mol. The van der Waals surface area contributed by atoms with Crippen molar-refractivity contribution in [3.63, 3.8) is 0 Å². The minimum Gasteiger partial charge on any atom is -0.544 e. The van der Waals surface area contributed by atoms with Gasteiger partial charge in [-0.25, -0.2) is 0 Å². The standard InChI is InChI=1S/C14H21BrO2Si/c1-14(13(15)9-10-16-14)11-5-7-12(8-6-11)17-18(2,3)4/h5-8,13H,9-10H2,1-4H3. The summed E-state index contributed by atoms with van der Waals surface area (Å²) in [5.41, 5.74) is 1.00. The van der Waals surface area contributed by atoms with E-state index in [0.717, 1.165) is 18.8 Å². The normalized spacial score (nSPS) is 28.4. The molecule has 2 unspecified atom stereocenters. The third kappa shape index (κ3) is 2.98. The average molecular weight is 329 g/mol. The van der Waals surface area contributed by atoms with Gasteiger partial charge in [0, 0.05) is 11.4 Å². The maximum absolute atomic E-state index is 5.97. The molecule has 2 nitrogen and oxygen atoms in total. The van der Waals surface area contributed by atoms with Crippen LogP contribution in [-0.2, 0) is 10.3 Å². The lowest BCUT2D eigenvalue weighted by Gasteiger charge is -2.28. The molecule has 0 amide bonds. The zero-order chi connectivity index (χ0) is 13.4. The van der Waals surface area contributed by atoms with Crippen LogP contribution in [0.25, 0.3) is 0 Å². The van der Waals surface area contributed by atoms with Crippen LogP contribution in [0, 0.1) is 0 Å². The molecule has 1 fully saturated rings. The van der Waals surface area contributed by atoms with E-state index in [-0.39, 0.29) is 5.60 Å². The second-order valence-electron chi connectivity index (χ2n) is 5.95. The quantitative estimate of drug-likeness (QED) is 0.608. The SMILES string of the molecule is CC1(c2ccc(O[Si](C)(C)C)cc2)OCCC1Br. The Kier molecular flexibility index (Phi) is 3.90. The first kappa shape index (κ1) is 14.1. The molecule has 1 aromatic carbocycles. The van der Waals surface area contributed by atoms with Crippen LogP contribution in [0.2, 0.25) is 19.6 Å². The summed E-state index contributed by atoms with van der Waals surface area (Å²) >= 11 is 3.72. The van der Waals surface area contributed by atoms with Crippen molar-refractivity contribution in [3.8, 4) is 5.75 Å². The zero-order valence-electron chi connectivity index (χ0n) is 11.5. The molecular weight excluding hydrogens is 308 g/mol. The molecule has 1 heterocycles. The minimum atomic E-state index is -1.52. The molecule has 0 bridgehead atoms. The Labute approximate surface area is 119 Å². The molecular formula is C14H21BrO2Si. The molecule has 18 heavy (non-hydrogen) atoms. The Morgan fingerprint density at radius 1 is 1.28 bits per heavy atom. The van der Waals surface area contributed by atoms with Gasteiger partial charge in [0.1, 0.15) is 11.4 Å². The van der Waals surface area contributed by atoms with Gasteiger partial charge >= 0.3 is 0 Å². The number of halogens is 1. The molecule has 1 saturated heterocycles. The summed E-state index contributed by atoms with van der Waals surface area (Å²) in [5.74, 6) is 0.964. The molecule has 4 heteroatoms. The smallest absolute Gasteiger partial charge is 0.242 e. The first-order valence-electron chi connectivity index (χ1n) is 6.39. The Bertz CT molecular complexity index is 413. The van der Waals surface area contributed by atoms with Gasteiger partial charge in [0.05, 0.1) is 0 Å². The number of alkyl halides is 1. The summed E-state index contributed by atoms with van der Waals surface area (Å²) in [7, 11) is -1.52. The molecule has 0 aromatic heterocycles. The minimum absolute atomic E-state index is 0.211. The summed E-state index contributed by atoms with van der Waals surface area (Å²) < 4.78 is 11.9. The highest BCUT2D eigenvalue weighted by Gasteiger charge is 2.40. The lowest BCUT2D eigenvalue weighted by Crippen LogP contribution is -2.30. The topological polar surface area (TPSA) is 18.5 Å². The highest BCUT2D eigenvalue weighted by atomic mass is 79.9. The molecule has 100 valence electrons. The fraction of sp³-hybridized carbons (Fsp3) is 0.571. The van der Waals surface area contributed by atoms with E-state index in [1.54, 1.807) is 0 Å². The predicted octanol–water partition coefficient (Wildman–Crippen LogP) is 4.30. The number of hydrogen-bond acceptors (Lipinski definition) is 2. The third-order valence-corrected chi connectivity index (χ3v) is 5.40. The van der Waals surface area contributed by atoms with E-state index in [9.17, 15) is 0 Å². The van der Waals surface area contributed by atoms with Crippen molar-refractivity contribution in [2.45, 2.75) is 43.4 Å². The second-order valence-corrected chi connectivity index (χ2v) is 11.5. The summed E-state index contributed by atoms with van der Waals surface area (Å²) in [6.45, 7) is 9.54. The van der Waals surface area contributed by atoms with Crippen molar-refractivity contribution in [1.29, 1.82) is 0 Å². The van der Waals surface area contributed by atoms with Crippen LogP contribution in [0.5, 0.6) is 5.75 Å². The van der Waals surface area contributed by atoms with Gasteiger partial charge in [0.15, 0.2) is 0 Å². The average Bonchev–Trinajstić information content (AvgIpc) is 2.59. The van der Waals surface area contributed by atoms with E-state index >= 15 is 0 Å². The molecule has 1 aliphatic rings. The maximum Gasteiger partial charge on any atom is 0.242 e. The van der Waals surface area contributed by atoms with Crippen molar-refractivity contribution in [2.24, 2.45) is 0 Å². The summed E-state index contributed by atoms with van der Waals surface area (Å²) in [5, 5.41) is 0. The van der Waals surface area contributed by atoms with Crippen molar-refractivity contribution < 1.29 is 9.16 Å². The Hall–Kier alpha value is -0.323. The molecule has 0 N–H and O–H groups in total. The van der Waals surface area contributed by atoms with Crippen molar-refractivity contribution >= 4 is 24.2 Å². The van der Waals surface area contributed by atoms with Crippen LogP contribution >= 0.6 is 15.9 Å². The highest BCUT2D eigenvalue weighted by Crippen LogP contribution is 2.40. The van der Waals surface area contributed by atoms with Crippen LogP contribution in [0.4, 0.5) is 0 Å². The van der Waals surface area contributed by atoms with E-state index in [1.165, 1.54) is 5.56 Å². The number of rotatable bonds is 3. The molecule has 1 aromatic rings. The van der Waals surface area contributed by atoms with Crippen LogP contribution in [-0.4, -0.2) is 19.8 Å². The van der Waals surface area contributed by atoms with Gasteiger partial charge in [-0.05, 0) is 50.7 Å². The van der Waals surface area contributed by atoms with Gasteiger partial charge in [-0.1, -0.05) is 28.1 Å². The summed E-state index contributed by atoms with van der Waals surface area (Å²) in [6, 6.07) is 8.35. The largest absolute Gasteiger partial charge is 0.544 e. The van der Waals surface area contributed by atoms with Crippen LogP contribution in [0.1, 0.15) is 18.9 Å². The first-order valence-corrected chi connectivity index (χ1v) is 10.7. The summed E-state index contributed by atoms with van der Waals surface area (Å²) in [6.07, 6.45) is 1.06. The van der Waals surface area contributed by atoms with Crippen LogP contribution < -0.4 is 4.43 Å². The van der Waals surface area contributed by atoms with Crippen molar-refractivity contribution in [3.05, 3.63) is 29.8 Å². The number of ether oxygens (including phenoxy) is 1. The third-order valence-electron chi connectivity index (χ3n) is 3.22. The monoisotopic (exact) mass is 328 g/mol. The van der Waals surface area contributed by atoms with Crippen molar-refractivity contribution in [1.82, 2.24) is 0 Å².